The Bertz CT molecular complexity index is 1210. The van der Waals surface area contributed by atoms with Gasteiger partial charge in [-0.15, -0.1) is 22.7 Å². The van der Waals surface area contributed by atoms with Crippen LogP contribution in [-0.4, -0.2) is 7.05 Å². The van der Waals surface area contributed by atoms with Crippen LogP contribution in [-0.2, 0) is 0 Å². The van der Waals surface area contributed by atoms with E-state index in [-0.39, 0.29) is 0 Å². The molecule has 5 rings (SSSR count). The second kappa shape index (κ2) is 4.70. The van der Waals surface area contributed by atoms with Gasteiger partial charge in [0.15, 0.2) is 0 Å². The molecule has 0 amide bonds. The van der Waals surface area contributed by atoms with Crippen molar-refractivity contribution in [1.82, 2.24) is 0 Å². The summed E-state index contributed by atoms with van der Waals surface area (Å²) in [7, 11) is 1.97. The molecule has 2 aromatic heterocycles. The molecule has 0 aliphatic carbocycles. The Balaban J connectivity index is 1.91. The van der Waals surface area contributed by atoms with E-state index < -0.39 is 0 Å². The molecule has 0 spiro atoms. The third kappa shape index (κ3) is 1.90. The smallest absolute Gasteiger partial charge is 0.0375 e. The van der Waals surface area contributed by atoms with Gasteiger partial charge in [-0.2, -0.15) is 0 Å². The topological polar surface area (TPSA) is 12.0 Å². The predicted molar refractivity (Wildman–Crippen MR) is 107 cm³/mol. The van der Waals surface area contributed by atoms with Crippen LogP contribution in [0.15, 0.2) is 48.5 Å². The zero-order valence-electron chi connectivity index (χ0n) is 12.9. The summed E-state index contributed by atoms with van der Waals surface area (Å²) < 4.78 is 5.50. The zero-order valence-corrected chi connectivity index (χ0v) is 14.6. The molecule has 0 fully saturated rings. The maximum absolute atomic E-state index is 3.23. The van der Waals surface area contributed by atoms with E-state index in [9.17, 15) is 0 Å². The van der Waals surface area contributed by atoms with Gasteiger partial charge in [0.1, 0.15) is 0 Å². The predicted octanol–water partition coefficient (Wildman–Crippen LogP) is 6.77. The van der Waals surface area contributed by atoms with E-state index in [1.165, 1.54) is 51.6 Å². The number of hydrogen-bond donors (Lipinski definition) is 1. The Hall–Kier alpha value is -2.10. The fourth-order valence-electron chi connectivity index (χ4n) is 3.31. The van der Waals surface area contributed by atoms with Gasteiger partial charge in [-0.05, 0) is 42.8 Å². The lowest BCUT2D eigenvalue weighted by Gasteiger charge is -1.98. The Morgan fingerprint density at radius 1 is 0.652 bits per heavy atom. The van der Waals surface area contributed by atoms with E-state index >= 15 is 0 Å². The summed E-state index contributed by atoms with van der Waals surface area (Å²) in [6, 6.07) is 18.2. The number of fused-ring (bicyclic) bond motifs is 6. The van der Waals surface area contributed by atoms with Crippen LogP contribution in [0.4, 0.5) is 5.69 Å². The van der Waals surface area contributed by atoms with Gasteiger partial charge in [-0.25, -0.2) is 0 Å². The second-order valence-electron chi connectivity index (χ2n) is 6.01. The molecule has 0 bridgehead atoms. The summed E-state index contributed by atoms with van der Waals surface area (Å²) in [6.07, 6.45) is 0. The van der Waals surface area contributed by atoms with E-state index in [1.54, 1.807) is 0 Å². The molecular weight excluding hydrogens is 318 g/mol. The molecule has 0 saturated heterocycles. The van der Waals surface area contributed by atoms with Gasteiger partial charge in [0.25, 0.3) is 0 Å². The van der Waals surface area contributed by atoms with E-state index in [0.29, 0.717) is 0 Å². The average molecular weight is 333 g/mol. The first kappa shape index (κ1) is 13.3. The molecule has 1 N–H and O–H groups in total. The van der Waals surface area contributed by atoms with Gasteiger partial charge in [0.05, 0.1) is 0 Å². The largest absolute Gasteiger partial charge is 0.388 e. The van der Waals surface area contributed by atoms with Crippen LogP contribution >= 0.6 is 22.7 Å². The van der Waals surface area contributed by atoms with Gasteiger partial charge < -0.3 is 5.32 Å². The lowest BCUT2D eigenvalue weighted by atomic mass is 10.1. The van der Waals surface area contributed by atoms with Gasteiger partial charge in [0.2, 0.25) is 0 Å². The molecule has 1 nitrogen and oxygen atoms in total. The van der Waals surface area contributed by atoms with Crippen molar-refractivity contribution in [1.29, 1.82) is 0 Å². The first-order chi connectivity index (χ1) is 11.2. The van der Waals surface area contributed by atoms with Crippen molar-refractivity contribution < 1.29 is 0 Å². The SMILES string of the molecule is CNc1ccc2c(c1)sc1cc3c(cc12)sc1cc(C)ccc13. The number of aryl methyl sites for hydroxylation is 1. The summed E-state index contributed by atoms with van der Waals surface area (Å²) in [4.78, 5) is 0. The lowest BCUT2D eigenvalue weighted by molar-refractivity contribution is 1.52. The molecule has 0 radical (unpaired) electrons. The average Bonchev–Trinajstić information content (AvgIpc) is 3.08. The highest BCUT2D eigenvalue weighted by molar-refractivity contribution is 7.27. The van der Waals surface area contributed by atoms with Crippen molar-refractivity contribution in [3.05, 3.63) is 54.1 Å². The first-order valence-electron chi connectivity index (χ1n) is 7.70. The molecule has 23 heavy (non-hydrogen) atoms. The van der Waals surface area contributed by atoms with E-state index in [4.69, 9.17) is 0 Å². The molecule has 2 heterocycles. The van der Waals surface area contributed by atoms with E-state index in [1.807, 2.05) is 29.7 Å². The van der Waals surface area contributed by atoms with Crippen LogP contribution in [0.5, 0.6) is 0 Å². The summed E-state index contributed by atoms with van der Waals surface area (Å²) >= 11 is 3.79. The minimum absolute atomic E-state index is 1.17. The van der Waals surface area contributed by atoms with Gasteiger partial charge in [0, 0.05) is 53.1 Å². The molecule has 3 aromatic carbocycles. The van der Waals surface area contributed by atoms with Crippen LogP contribution in [0.1, 0.15) is 5.56 Å². The molecule has 5 aromatic rings. The standard InChI is InChI=1S/C20H15NS2/c1-11-3-5-13-15-9-20-16(10-19(15)22-17(13)7-11)14-6-4-12(21-2)8-18(14)23-20/h3-10,21H,1-2H3. The van der Waals surface area contributed by atoms with E-state index in [0.717, 1.165) is 0 Å². The summed E-state index contributed by atoms with van der Waals surface area (Å²) in [6.45, 7) is 2.16. The van der Waals surface area contributed by atoms with Gasteiger partial charge in [-0.1, -0.05) is 18.2 Å². The number of anilines is 1. The highest BCUT2D eigenvalue weighted by atomic mass is 32.1. The molecule has 3 heteroatoms. The quantitative estimate of drug-likeness (QED) is 0.357. The van der Waals surface area contributed by atoms with Crippen LogP contribution in [0.3, 0.4) is 0 Å². The molecular formula is C20H15NS2. The van der Waals surface area contributed by atoms with Crippen LogP contribution in [0, 0.1) is 6.92 Å². The zero-order chi connectivity index (χ0) is 15.6. The minimum Gasteiger partial charge on any atom is -0.388 e. The lowest BCUT2D eigenvalue weighted by Crippen LogP contribution is -1.85. The molecule has 0 aliphatic heterocycles. The summed E-state index contributed by atoms with van der Waals surface area (Å²) in [5, 5.41) is 8.74. The summed E-state index contributed by atoms with van der Waals surface area (Å²) in [5.74, 6) is 0. The molecule has 112 valence electrons. The second-order valence-corrected chi connectivity index (χ2v) is 8.18. The van der Waals surface area contributed by atoms with Crippen molar-refractivity contribution in [2.45, 2.75) is 6.92 Å². The minimum atomic E-state index is 1.17. The maximum atomic E-state index is 3.23. The first-order valence-corrected chi connectivity index (χ1v) is 9.33. The Morgan fingerprint density at radius 2 is 1.22 bits per heavy atom. The molecule has 0 aliphatic rings. The Labute approximate surface area is 142 Å². The Kier molecular flexibility index (Phi) is 2.73. The third-order valence-corrected chi connectivity index (χ3v) is 6.74. The Morgan fingerprint density at radius 3 is 1.87 bits per heavy atom. The maximum Gasteiger partial charge on any atom is 0.0375 e. The third-order valence-electron chi connectivity index (χ3n) is 4.51. The van der Waals surface area contributed by atoms with E-state index in [2.05, 4.69) is 60.8 Å². The number of thiophene rings is 2. The van der Waals surface area contributed by atoms with Crippen molar-refractivity contribution in [3.63, 3.8) is 0 Å². The van der Waals surface area contributed by atoms with Crippen molar-refractivity contribution >= 4 is 68.7 Å². The van der Waals surface area contributed by atoms with Gasteiger partial charge >= 0.3 is 0 Å². The highest BCUT2D eigenvalue weighted by Gasteiger charge is 2.11. The number of hydrogen-bond acceptors (Lipinski definition) is 3. The number of rotatable bonds is 1. The number of benzene rings is 3. The number of nitrogens with one attached hydrogen (secondary N) is 1. The molecule has 0 unspecified atom stereocenters. The fraction of sp³-hybridized carbons (Fsp3) is 0.100. The fourth-order valence-corrected chi connectivity index (χ4v) is 5.70. The molecule has 0 saturated carbocycles. The van der Waals surface area contributed by atoms with Crippen molar-refractivity contribution in [2.75, 3.05) is 12.4 Å². The van der Waals surface area contributed by atoms with Crippen LogP contribution < -0.4 is 5.32 Å². The van der Waals surface area contributed by atoms with Crippen molar-refractivity contribution in [3.8, 4) is 0 Å². The normalized spacial score (nSPS) is 11.9. The highest BCUT2D eigenvalue weighted by Crippen LogP contribution is 2.42. The monoisotopic (exact) mass is 333 g/mol. The summed E-state index contributed by atoms with van der Waals surface area (Å²) in [5.41, 5.74) is 2.50. The molecule has 0 atom stereocenters. The van der Waals surface area contributed by atoms with Gasteiger partial charge in [-0.3, -0.25) is 0 Å². The van der Waals surface area contributed by atoms with Crippen molar-refractivity contribution in [2.24, 2.45) is 0 Å². The van der Waals surface area contributed by atoms with Crippen LogP contribution in [0.25, 0.3) is 40.3 Å². The van der Waals surface area contributed by atoms with Crippen LogP contribution in [0.2, 0.25) is 0 Å².